The maximum atomic E-state index is 13.1. The predicted molar refractivity (Wildman–Crippen MR) is 164 cm³/mol. The lowest BCUT2D eigenvalue weighted by atomic mass is 9.97. The van der Waals surface area contributed by atoms with Gasteiger partial charge in [-0.3, -0.25) is 9.78 Å². The van der Waals surface area contributed by atoms with E-state index in [1.165, 1.54) is 5.56 Å². The molecule has 1 N–H and O–H groups in total. The number of rotatable bonds is 12. The van der Waals surface area contributed by atoms with Crippen LogP contribution >= 0.6 is 15.9 Å². The summed E-state index contributed by atoms with van der Waals surface area (Å²) >= 11 is 3.50. The van der Waals surface area contributed by atoms with Crippen LogP contribution in [0.1, 0.15) is 41.1 Å². The first-order chi connectivity index (χ1) is 19.6. The first kappa shape index (κ1) is 28.8. The number of hydrogen-bond acceptors (Lipinski definition) is 4. The van der Waals surface area contributed by atoms with Gasteiger partial charge in [-0.1, -0.05) is 70.5 Å². The summed E-state index contributed by atoms with van der Waals surface area (Å²) in [6.07, 6.45) is 11.7. The second-order valence-electron chi connectivity index (χ2n) is 9.26. The Balaban J connectivity index is 1.51. The molecule has 1 atom stereocenters. The van der Waals surface area contributed by atoms with E-state index in [1.807, 2.05) is 91.1 Å². The van der Waals surface area contributed by atoms with Crippen LogP contribution in [0, 0.1) is 0 Å². The number of allylic oxidation sites excluding steroid dienone is 2. The van der Waals surface area contributed by atoms with Gasteiger partial charge in [-0.05, 0) is 89.6 Å². The van der Waals surface area contributed by atoms with E-state index >= 15 is 0 Å². The third-order valence-electron chi connectivity index (χ3n) is 6.58. The maximum Gasteiger partial charge on any atom is 0.244 e. The summed E-state index contributed by atoms with van der Waals surface area (Å²) in [7, 11) is 3.30. The van der Waals surface area contributed by atoms with Crippen molar-refractivity contribution in [3.05, 3.63) is 142 Å². The molecule has 1 heterocycles. The minimum Gasteiger partial charge on any atom is -0.497 e. The molecule has 0 aliphatic carbocycles. The van der Waals surface area contributed by atoms with Crippen molar-refractivity contribution in [3.63, 3.8) is 0 Å². The number of carbonyl (C=O) groups is 1. The lowest BCUT2D eigenvalue weighted by molar-refractivity contribution is -0.117. The van der Waals surface area contributed by atoms with Gasteiger partial charge in [-0.25, -0.2) is 0 Å². The van der Waals surface area contributed by atoms with Gasteiger partial charge in [0.25, 0.3) is 0 Å². The Morgan fingerprint density at radius 1 is 0.900 bits per heavy atom. The summed E-state index contributed by atoms with van der Waals surface area (Å²) in [6, 6.07) is 27.8. The molecule has 0 radical (unpaired) electrons. The molecule has 1 aromatic heterocycles. The topological polar surface area (TPSA) is 60.5 Å². The van der Waals surface area contributed by atoms with Gasteiger partial charge in [-0.2, -0.15) is 0 Å². The standard InChI is InChI=1S/C34H33BrN2O3/c1-39-30-19-13-26(14-20-30)32(27-15-21-31(40-2)22-16-27)8-4-10-34(38)37-33(28-11-17-29(35)18-12-28)9-3-6-25-7-5-23-36-24-25/h4-5,7-8,10-24,33H,3,6,9H2,1-2H3,(H,37,38)/t33-/m1/s1. The zero-order chi connectivity index (χ0) is 28.2. The van der Waals surface area contributed by atoms with Crippen LogP contribution in [0.2, 0.25) is 0 Å². The SMILES string of the molecule is COc1ccc(C(=CC=CC(=O)N[C@H](CCCc2cccnc2)c2ccc(Br)cc2)c2ccc(OC)cc2)cc1. The molecular formula is C34H33BrN2O3. The number of halogens is 1. The summed E-state index contributed by atoms with van der Waals surface area (Å²) in [5, 5.41) is 3.20. The van der Waals surface area contributed by atoms with E-state index in [-0.39, 0.29) is 11.9 Å². The molecule has 40 heavy (non-hydrogen) atoms. The van der Waals surface area contributed by atoms with Crippen LogP contribution in [-0.4, -0.2) is 25.1 Å². The van der Waals surface area contributed by atoms with Gasteiger partial charge in [0.05, 0.1) is 20.3 Å². The Hall–Kier alpha value is -4.16. The van der Waals surface area contributed by atoms with Crippen molar-refractivity contribution in [1.82, 2.24) is 10.3 Å². The van der Waals surface area contributed by atoms with Crippen LogP contribution in [0.3, 0.4) is 0 Å². The van der Waals surface area contributed by atoms with Crippen LogP contribution in [-0.2, 0) is 11.2 Å². The Kier molecular flexibility index (Phi) is 10.7. The van der Waals surface area contributed by atoms with E-state index in [0.29, 0.717) is 0 Å². The molecule has 5 nitrogen and oxygen atoms in total. The van der Waals surface area contributed by atoms with Gasteiger partial charge >= 0.3 is 0 Å². The largest absolute Gasteiger partial charge is 0.497 e. The number of aromatic nitrogens is 1. The van der Waals surface area contributed by atoms with E-state index in [1.54, 1.807) is 32.6 Å². The van der Waals surface area contributed by atoms with Crippen molar-refractivity contribution < 1.29 is 14.3 Å². The average Bonchev–Trinajstić information content (AvgIpc) is 3.00. The van der Waals surface area contributed by atoms with E-state index in [9.17, 15) is 4.79 Å². The van der Waals surface area contributed by atoms with Crippen LogP contribution in [0.4, 0.5) is 0 Å². The quantitative estimate of drug-likeness (QED) is 0.134. The number of ether oxygens (including phenoxy) is 2. The predicted octanol–water partition coefficient (Wildman–Crippen LogP) is 7.73. The van der Waals surface area contributed by atoms with Crippen molar-refractivity contribution >= 4 is 27.4 Å². The Labute approximate surface area is 244 Å². The number of nitrogens with zero attached hydrogens (tertiary/aromatic N) is 1. The summed E-state index contributed by atoms with van der Waals surface area (Å²) < 4.78 is 11.6. The number of pyridine rings is 1. The molecule has 0 bridgehead atoms. The molecule has 0 aliphatic heterocycles. The summed E-state index contributed by atoms with van der Waals surface area (Å²) in [5.74, 6) is 1.43. The minimum absolute atomic E-state index is 0.103. The molecule has 0 spiro atoms. The Morgan fingerprint density at radius 2 is 1.52 bits per heavy atom. The van der Waals surface area contributed by atoms with Crippen LogP contribution in [0.5, 0.6) is 11.5 Å². The van der Waals surface area contributed by atoms with Crippen LogP contribution in [0.15, 0.2) is 120 Å². The summed E-state index contributed by atoms with van der Waals surface area (Å²) in [6.45, 7) is 0. The Morgan fingerprint density at radius 3 is 2.08 bits per heavy atom. The van der Waals surface area contributed by atoms with Crippen molar-refractivity contribution in [1.29, 1.82) is 0 Å². The molecule has 4 rings (SSSR count). The Bertz CT molecular complexity index is 1370. The molecule has 1 amide bonds. The molecule has 0 unspecified atom stereocenters. The monoisotopic (exact) mass is 596 g/mol. The first-order valence-electron chi connectivity index (χ1n) is 13.2. The molecule has 0 fully saturated rings. The van der Waals surface area contributed by atoms with E-state index in [2.05, 4.69) is 32.3 Å². The molecule has 0 saturated heterocycles. The van der Waals surface area contributed by atoms with Crippen molar-refractivity contribution in [2.24, 2.45) is 0 Å². The number of benzene rings is 3. The fourth-order valence-corrected chi connectivity index (χ4v) is 4.69. The molecule has 6 heteroatoms. The highest BCUT2D eigenvalue weighted by molar-refractivity contribution is 9.10. The second kappa shape index (κ2) is 14.8. The van der Waals surface area contributed by atoms with Gasteiger partial charge in [0.1, 0.15) is 11.5 Å². The van der Waals surface area contributed by atoms with Crippen molar-refractivity contribution in [2.45, 2.75) is 25.3 Å². The third-order valence-corrected chi connectivity index (χ3v) is 7.11. The van der Waals surface area contributed by atoms with Crippen LogP contribution < -0.4 is 14.8 Å². The zero-order valence-corrected chi connectivity index (χ0v) is 24.3. The molecule has 0 aliphatic rings. The van der Waals surface area contributed by atoms with Crippen molar-refractivity contribution in [2.75, 3.05) is 14.2 Å². The van der Waals surface area contributed by atoms with Crippen LogP contribution in [0.25, 0.3) is 5.57 Å². The number of amides is 1. The summed E-state index contributed by atoms with van der Waals surface area (Å²) in [4.78, 5) is 17.3. The number of carbonyl (C=O) groups excluding carboxylic acids is 1. The van der Waals surface area contributed by atoms with Gasteiger partial charge < -0.3 is 14.8 Å². The van der Waals surface area contributed by atoms with Gasteiger partial charge in [0.2, 0.25) is 5.91 Å². The van der Waals surface area contributed by atoms with E-state index in [0.717, 1.165) is 57.5 Å². The highest BCUT2D eigenvalue weighted by Crippen LogP contribution is 2.27. The van der Waals surface area contributed by atoms with Gasteiger partial charge in [0.15, 0.2) is 0 Å². The number of hydrogen-bond donors (Lipinski definition) is 1. The van der Waals surface area contributed by atoms with E-state index < -0.39 is 0 Å². The maximum absolute atomic E-state index is 13.1. The highest BCUT2D eigenvalue weighted by Gasteiger charge is 2.14. The average molecular weight is 598 g/mol. The zero-order valence-electron chi connectivity index (χ0n) is 22.7. The fourth-order valence-electron chi connectivity index (χ4n) is 4.43. The first-order valence-corrected chi connectivity index (χ1v) is 14.0. The lowest BCUT2D eigenvalue weighted by Gasteiger charge is -2.18. The number of aryl methyl sites for hydroxylation is 1. The number of methoxy groups -OCH3 is 2. The van der Waals surface area contributed by atoms with Gasteiger partial charge in [0, 0.05) is 22.9 Å². The molecule has 3 aromatic carbocycles. The summed E-state index contributed by atoms with van der Waals surface area (Å²) in [5.41, 5.74) is 5.27. The normalized spacial score (nSPS) is 11.6. The minimum atomic E-state index is -0.144. The fraction of sp³-hybridized carbons (Fsp3) is 0.176. The number of nitrogens with one attached hydrogen (secondary N) is 1. The van der Waals surface area contributed by atoms with Gasteiger partial charge in [-0.15, -0.1) is 0 Å². The molecule has 4 aromatic rings. The molecule has 0 saturated carbocycles. The van der Waals surface area contributed by atoms with Crippen molar-refractivity contribution in [3.8, 4) is 11.5 Å². The smallest absolute Gasteiger partial charge is 0.244 e. The highest BCUT2D eigenvalue weighted by atomic mass is 79.9. The molecular weight excluding hydrogens is 564 g/mol. The lowest BCUT2D eigenvalue weighted by Crippen LogP contribution is -2.27. The molecule has 204 valence electrons. The second-order valence-corrected chi connectivity index (χ2v) is 10.2. The van der Waals surface area contributed by atoms with E-state index in [4.69, 9.17) is 9.47 Å². The third kappa shape index (κ3) is 8.42.